The second-order valence-electron chi connectivity index (χ2n) is 4.78. The molecule has 0 saturated carbocycles. The molecule has 0 aliphatic heterocycles. The quantitative estimate of drug-likeness (QED) is 0.908. The molecule has 2 rings (SSSR count). The molecule has 0 saturated heterocycles. The molecule has 2 aromatic rings. The molecule has 0 bridgehead atoms. The van der Waals surface area contributed by atoms with Crippen molar-refractivity contribution in [2.45, 2.75) is 5.75 Å². The molecule has 7 heteroatoms. The van der Waals surface area contributed by atoms with Gasteiger partial charge >= 0.3 is 5.97 Å². The Labute approximate surface area is 131 Å². The van der Waals surface area contributed by atoms with Gasteiger partial charge in [0.05, 0.1) is 11.3 Å². The van der Waals surface area contributed by atoms with Crippen LogP contribution in [0, 0.1) is 11.6 Å². The molecule has 2 aromatic carbocycles. The van der Waals surface area contributed by atoms with Gasteiger partial charge < -0.3 is 5.11 Å². The Balaban J connectivity index is 2.15. The first-order chi connectivity index (χ1) is 10.8. The first-order valence-corrected chi connectivity index (χ1v) is 8.16. The second-order valence-corrected chi connectivity index (χ2v) is 6.66. The van der Waals surface area contributed by atoms with E-state index in [0.717, 1.165) is 23.6 Å². The zero-order valence-corrected chi connectivity index (χ0v) is 12.6. The van der Waals surface area contributed by atoms with Crippen LogP contribution in [-0.4, -0.2) is 19.5 Å². The molecule has 0 aliphatic rings. The van der Waals surface area contributed by atoms with E-state index in [0.29, 0.717) is 11.6 Å². The van der Waals surface area contributed by atoms with E-state index in [-0.39, 0.29) is 16.9 Å². The summed E-state index contributed by atoms with van der Waals surface area (Å²) < 4.78 is 50.1. The van der Waals surface area contributed by atoms with Gasteiger partial charge in [-0.3, -0.25) is 0 Å². The van der Waals surface area contributed by atoms with Crippen molar-refractivity contribution in [2.75, 3.05) is 0 Å². The van der Waals surface area contributed by atoms with Crippen molar-refractivity contribution in [3.8, 4) is 0 Å². The van der Waals surface area contributed by atoms with E-state index in [1.165, 1.54) is 24.3 Å². The third-order valence-corrected chi connectivity index (χ3v) is 4.27. The van der Waals surface area contributed by atoms with Crippen molar-refractivity contribution in [1.82, 2.24) is 0 Å². The highest BCUT2D eigenvalue weighted by Crippen LogP contribution is 2.14. The summed E-state index contributed by atoms with van der Waals surface area (Å²) in [6.45, 7) is 0. The number of sulfone groups is 1. The lowest BCUT2D eigenvalue weighted by Crippen LogP contribution is -2.01. The van der Waals surface area contributed by atoms with E-state index in [1.807, 2.05) is 0 Å². The summed E-state index contributed by atoms with van der Waals surface area (Å²) in [5.41, 5.74) is 0.408. The van der Waals surface area contributed by atoms with Crippen LogP contribution >= 0.6 is 0 Å². The predicted octanol–water partition coefficient (Wildman–Crippen LogP) is 3.25. The molecule has 120 valence electrons. The minimum absolute atomic E-state index is 0.0452. The van der Waals surface area contributed by atoms with Gasteiger partial charge in [0, 0.05) is 17.0 Å². The van der Waals surface area contributed by atoms with E-state index in [4.69, 9.17) is 5.11 Å². The first-order valence-electron chi connectivity index (χ1n) is 6.45. The van der Waals surface area contributed by atoms with Crippen molar-refractivity contribution < 1.29 is 27.1 Å². The minimum Gasteiger partial charge on any atom is -0.478 e. The van der Waals surface area contributed by atoms with Gasteiger partial charge in [-0.15, -0.1) is 0 Å². The maximum absolute atomic E-state index is 13.4. The highest BCUT2D eigenvalue weighted by Gasteiger charge is 2.10. The van der Waals surface area contributed by atoms with E-state index >= 15 is 0 Å². The summed E-state index contributed by atoms with van der Waals surface area (Å²) in [6.07, 6.45) is 1.05. The van der Waals surface area contributed by atoms with Crippen LogP contribution < -0.4 is 0 Å². The standard InChI is InChI=1S/C16H12F2O4S/c17-14-6-5-12(15(18)9-14)7-8-23(21,22)10-11-1-3-13(4-2-11)16(19)20/h1-9H,10H2,(H,19,20). The van der Waals surface area contributed by atoms with Gasteiger partial charge in [0.15, 0.2) is 9.84 Å². The van der Waals surface area contributed by atoms with Crippen LogP contribution in [0.5, 0.6) is 0 Å². The molecule has 0 aliphatic carbocycles. The summed E-state index contributed by atoms with van der Waals surface area (Å²) in [5.74, 6) is -3.07. The van der Waals surface area contributed by atoms with Crippen LogP contribution in [0.3, 0.4) is 0 Å². The second kappa shape index (κ2) is 6.70. The number of carbonyl (C=O) groups is 1. The Morgan fingerprint density at radius 2 is 1.74 bits per heavy atom. The Hall–Kier alpha value is -2.54. The lowest BCUT2D eigenvalue weighted by Gasteiger charge is -2.02. The van der Waals surface area contributed by atoms with Crippen molar-refractivity contribution in [2.24, 2.45) is 0 Å². The van der Waals surface area contributed by atoms with Crippen LogP contribution in [0.15, 0.2) is 47.9 Å². The fourth-order valence-corrected chi connectivity index (χ4v) is 2.94. The number of carboxylic acid groups (broad SMARTS) is 1. The van der Waals surface area contributed by atoms with Gasteiger partial charge in [-0.05, 0) is 35.9 Å². The smallest absolute Gasteiger partial charge is 0.335 e. The van der Waals surface area contributed by atoms with Crippen molar-refractivity contribution in [3.05, 3.63) is 76.2 Å². The SMILES string of the molecule is O=C(O)c1ccc(CS(=O)(=O)C=Cc2ccc(F)cc2F)cc1. The molecule has 0 amide bonds. The largest absolute Gasteiger partial charge is 0.478 e. The van der Waals surface area contributed by atoms with Crippen LogP contribution in [0.1, 0.15) is 21.5 Å². The zero-order valence-electron chi connectivity index (χ0n) is 11.7. The maximum atomic E-state index is 13.4. The molecule has 0 atom stereocenters. The summed E-state index contributed by atoms with van der Waals surface area (Å²) in [5, 5.41) is 9.61. The van der Waals surface area contributed by atoms with Gasteiger partial charge in [0.1, 0.15) is 11.6 Å². The number of aromatic carboxylic acids is 1. The third-order valence-electron chi connectivity index (χ3n) is 2.99. The highest BCUT2D eigenvalue weighted by atomic mass is 32.2. The van der Waals surface area contributed by atoms with Crippen LogP contribution in [0.25, 0.3) is 6.08 Å². The van der Waals surface area contributed by atoms with Gasteiger partial charge in [0.25, 0.3) is 0 Å². The molecular weight excluding hydrogens is 326 g/mol. The van der Waals surface area contributed by atoms with Crippen molar-refractivity contribution in [1.29, 1.82) is 0 Å². The fraction of sp³-hybridized carbons (Fsp3) is 0.0625. The molecule has 1 N–H and O–H groups in total. The summed E-state index contributed by atoms with van der Waals surface area (Å²) in [6, 6.07) is 8.23. The van der Waals surface area contributed by atoms with E-state index in [1.54, 1.807) is 0 Å². The van der Waals surface area contributed by atoms with E-state index < -0.39 is 27.4 Å². The number of hydrogen-bond donors (Lipinski definition) is 1. The van der Waals surface area contributed by atoms with Gasteiger partial charge in [-0.2, -0.15) is 0 Å². The summed E-state index contributed by atoms with van der Waals surface area (Å²) in [4.78, 5) is 10.7. The molecule has 0 unspecified atom stereocenters. The normalized spacial score (nSPS) is 11.7. The number of rotatable bonds is 5. The van der Waals surface area contributed by atoms with Gasteiger partial charge in [-0.1, -0.05) is 12.1 Å². The zero-order chi connectivity index (χ0) is 17.0. The van der Waals surface area contributed by atoms with Gasteiger partial charge in [0.2, 0.25) is 0 Å². The lowest BCUT2D eigenvalue weighted by molar-refractivity contribution is 0.0697. The number of carboxylic acids is 1. The highest BCUT2D eigenvalue weighted by molar-refractivity contribution is 7.93. The monoisotopic (exact) mass is 338 g/mol. The molecule has 0 fully saturated rings. The fourth-order valence-electron chi connectivity index (χ4n) is 1.84. The predicted molar refractivity (Wildman–Crippen MR) is 81.4 cm³/mol. The first kappa shape index (κ1) is 16.8. The number of halogens is 2. The average molecular weight is 338 g/mol. The number of benzene rings is 2. The third kappa shape index (κ3) is 4.72. The minimum atomic E-state index is -3.68. The van der Waals surface area contributed by atoms with E-state index in [2.05, 4.69) is 0 Å². The Kier molecular flexibility index (Phi) is 4.90. The molecule has 0 heterocycles. The molecule has 0 radical (unpaired) electrons. The van der Waals surface area contributed by atoms with Crippen LogP contribution in [0.2, 0.25) is 0 Å². The Morgan fingerprint density at radius 1 is 1.09 bits per heavy atom. The average Bonchev–Trinajstić information content (AvgIpc) is 2.46. The lowest BCUT2D eigenvalue weighted by atomic mass is 10.1. The summed E-state index contributed by atoms with van der Waals surface area (Å²) in [7, 11) is -3.68. The van der Waals surface area contributed by atoms with Crippen molar-refractivity contribution >= 4 is 21.9 Å². The molecule has 23 heavy (non-hydrogen) atoms. The number of hydrogen-bond acceptors (Lipinski definition) is 3. The Morgan fingerprint density at radius 3 is 2.30 bits per heavy atom. The van der Waals surface area contributed by atoms with Crippen LogP contribution in [0.4, 0.5) is 8.78 Å². The molecule has 0 spiro atoms. The topological polar surface area (TPSA) is 71.4 Å². The van der Waals surface area contributed by atoms with Crippen LogP contribution in [-0.2, 0) is 15.6 Å². The van der Waals surface area contributed by atoms with Gasteiger partial charge in [-0.25, -0.2) is 22.0 Å². The molecule has 0 aromatic heterocycles. The van der Waals surface area contributed by atoms with E-state index in [9.17, 15) is 22.0 Å². The van der Waals surface area contributed by atoms with Crippen molar-refractivity contribution in [3.63, 3.8) is 0 Å². The molecule has 4 nitrogen and oxygen atoms in total. The summed E-state index contributed by atoms with van der Waals surface area (Å²) >= 11 is 0. The maximum Gasteiger partial charge on any atom is 0.335 e. The Bertz CT molecular complexity index is 856. The molecular formula is C16H12F2O4S.